The van der Waals surface area contributed by atoms with Gasteiger partial charge in [-0.3, -0.25) is 0 Å². The first-order chi connectivity index (χ1) is 7.71. The molecule has 1 aromatic rings. The van der Waals surface area contributed by atoms with E-state index in [4.69, 9.17) is 4.74 Å². The van der Waals surface area contributed by atoms with Gasteiger partial charge in [0.05, 0.1) is 7.11 Å². The Bertz CT molecular complexity index is 374. The summed E-state index contributed by atoms with van der Waals surface area (Å²) in [5, 5.41) is 3.17. The van der Waals surface area contributed by atoms with E-state index in [1.807, 2.05) is 19.2 Å². The second kappa shape index (κ2) is 6.71. The highest BCUT2D eigenvalue weighted by molar-refractivity contribution is 9.10. The van der Waals surface area contributed by atoms with E-state index in [1.54, 1.807) is 7.11 Å². The molecule has 0 bridgehead atoms. The van der Waals surface area contributed by atoms with Gasteiger partial charge in [-0.2, -0.15) is 0 Å². The molecule has 1 aromatic carbocycles. The van der Waals surface area contributed by atoms with Gasteiger partial charge in [-0.1, -0.05) is 34.5 Å². The molecule has 0 saturated carbocycles. The Morgan fingerprint density at radius 1 is 1.50 bits per heavy atom. The van der Waals surface area contributed by atoms with E-state index < -0.39 is 0 Å². The van der Waals surface area contributed by atoms with Crippen LogP contribution in [0.15, 0.2) is 28.2 Å². The number of hydrogen-bond acceptors (Lipinski definition) is 2. The van der Waals surface area contributed by atoms with Crippen LogP contribution in [-0.4, -0.2) is 20.7 Å². The van der Waals surface area contributed by atoms with Crippen LogP contribution in [0.25, 0.3) is 6.08 Å². The molecule has 88 valence electrons. The number of ether oxygens (including phenoxy) is 1. The molecular formula is C13H18BrNO. The third-order valence-electron chi connectivity index (χ3n) is 2.41. The number of halogens is 1. The molecule has 0 unspecified atom stereocenters. The van der Waals surface area contributed by atoms with Crippen LogP contribution in [0.2, 0.25) is 0 Å². The predicted octanol–water partition coefficient (Wildman–Crippen LogP) is 3.47. The fraction of sp³-hybridized carbons (Fsp3) is 0.385. The fourth-order valence-corrected chi connectivity index (χ4v) is 1.92. The molecule has 2 nitrogen and oxygen atoms in total. The van der Waals surface area contributed by atoms with Crippen LogP contribution in [0.4, 0.5) is 0 Å². The average molecular weight is 284 g/mol. The monoisotopic (exact) mass is 283 g/mol. The molecule has 1 N–H and O–H groups in total. The summed E-state index contributed by atoms with van der Waals surface area (Å²) < 4.78 is 6.41. The van der Waals surface area contributed by atoms with Gasteiger partial charge in [0.15, 0.2) is 0 Å². The molecule has 0 aliphatic rings. The van der Waals surface area contributed by atoms with Crippen LogP contribution >= 0.6 is 15.9 Å². The van der Waals surface area contributed by atoms with Crippen molar-refractivity contribution in [3.63, 3.8) is 0 Å². The van der Waals surface area contributed by atoms with Crippen molar-refractivity contribution in [2.45, 2.75) is 13.3 Å². The van der Waals surface area contributed by atoms with Crippen molar-refractivity contribution in [3.05, 3.63) is 33.8 Å². The number of methoxy groups -OCH3 is 1. The van der Waals surface area contributed by atoms with Gasteiger partial charge in [0.25, 0.3) is 0 Å². The molecule has 0 amide bonds. The van der Waals surface area contributed by atoms with E-state index in [2.05, 4.69) is 40.3 Å². The summed E-state index contributed by atoms with van der Waals surface area (Å²) in [5.74, 6) is 0.908. The Hall–Kier alpha value is -0.800. The molecule has 0 aliphatic heterocycles. The second-order valence-corrected chi connectivity index (χ2v) is 4.49. The zero-order valence-electron chi connectivity index (χ0n) is 10.0. The molecule has 0 atom stereocenters. The quantitative estimate of drug-likeness (QED) is 0.894. The number of rotatable bonds is 5. The normalized spacial score (nSPS) is 11.6. The number of likely N-dealkylation sites (N-methyl/N-ethyl adjacent to an activating group) is 1. The fourth-order valence-electron chi connectivity index (χ4n) is 1.54. The van der Waals surface area contributed by atoms with Crippen molar-refractivity contribution in [1.82, 2.24) is 5.32 Å². The molecule has 0 saturated heterocycles. The zero-order chi connectivity index (χ0) is 12.0. The molecule has 0 heterocycles. The standard InChI is InChI=1S/C13H18BrNO/c1-4-10(9-15-2)7-11-8-12(14)5-6-13(11)16-3/h5-8,15H,4,9H2,1-3H3. The SMILES string of the molecule is CCC(=Cc1cc(Br)ccc1OC)CNC. The Labute approximate surface area is 106 Å². The van der Waals surface area contributed by atoms with Gasteiger partial charge in [-0.25, -0.2) is 0 Å². The minimum atomic E-state index is 0.908. The lowest BCUT2D eigenvalue weighted by molar-refractivity contribution is 0.413. The molecule has 16 heavy (non-hydrogen) atoms. The summed E-state index contributed by atoms with van der Waals surface area (Å²) in [6, 6.07) is 6.03. The first kappa shape index (κ1) is 13.3. The summed E-state index contributed by atoms with van der Waals surface area (Å²) >= 11 is 3.48. The van der Waals surface area contributed by atoms with Crippen LogP contribution < -0.4 is 10.1 Å². The van der Waals surface area contributed by atoms with Crippen LogP contribution in [0, 0.1) is 0 Å². The van der Waals surface area contributed by atoms with E-state index in [0.717, 1.165) is 28.8 Å². The van der Waals surface area contributed by atoms with Gasteiger partial charge >= 0.3 is 0 Å². The molecule has 3 heteroatoms. The third-order valence-corrected chi connectivity index (χ3v) is 2.90. The Kier molecular flexibility index (Phi) is 5.56. The first-order valence-corrected chi connectivity index (χ1v) is 6.18. The van der Waals surface area contributed by atoms with E-state index in [0.29, 0.717) is 0 Å². The summed E-state index contributed by atoms with van der Waals surface area (Å²) in [4.78, 5) is 0. The lowest BCUT2D eigenvalue weighted by atomic mass is 10.1. The Morgan fingerprint density at radius 3 is 2.81 bits per heavy atom. The minimum absolute atomic E-state index is 0.908. The maximum atomic E-state index is 5.34. The number of nitrogens with one attached hydrogen (secondary N) is 1. The maximum Gasteiger partial charge on any atom is 0.126 e. The van der Waals surface area contributed by atoms with Crippen molar-refractivity contribution < 1.29 is 4.74 Å². The van der Waals surface area contributed by atoms with Gasteiger partial charge in [-0.05, 0) is 31.7 Å². The molecule has 0 spiro atoms. The summed E-state index contributed by atoms with van der Waals surface area (Å²) in [5.41, 5.74) is 2.47. The van der Waals surface area contributed by atoms with Gasteiger partial charge in [-0.15, -0.1) is 0 Å². The molecular weight excluding hydrogens is 266 g/mol. The summed E-state index contributed by atoms with van der Waals surface area (Å²) in [6.07, 6.45) is 3.22. The highest BCUT2D eigenvalue weighted by atomic mass is 79.9. The average Bonchev–Trinajstić information content (AvgIpc) is 2.29. The van der Waals surface area contributed by atoms with Crippen LogP contribution in [0.5, 0.6) is 5.75 Å². The van der Waals surface area contributed by atoms with Gasteiger partial charge in [0, 0.05) is 16.6 Å². The summed E-state index contributed by atoms with van der Waals surface area (Å²) in [6.45, 7) is 3.07. The zero-order valence-corrected chi connectivity index (χ0v) is 11.6. The van der Waals surface area contributed by atoms with E-state index >= 15 is 0 Å². The molecule has 1 rings (SSSR count). The molecule has 0 radical (unpaired) electrons. The minimum Gasteiger partial charge on any atom is -0.496 e. The second-order valence-electron chi connectivity index (χ2n) is 3.57. The largest absolute Gasteiger partial charge is 0.496 e. The maximum absolute atomic E-state index is 5.34. The third kappa shape index (κ3) is 3.65. The van der Waals surface area contributed by atoms with Gasteiger partial charge < -0.3 is 10.1 Å². The lowest BCUT2D eigenvalue weighted by Gasteiger charge is -2.08. The van der Waals surface area contributed by atoms with Crippen LogP contribution in [0.3, 0.4) is 0 Å². The van der Waals surface area contributed by atoms with Crippen LogP contribution in [-0.2, 0) is 0 Å². The van der Waals surface area contributed by atoms with E-state index in [-0.39, 0.29) is 0 Å². The van der Waals surface area contributed by atoms with Gasteiger partial charge in [0.2, 0.25) is 0 Å². The highest BCUT2D eigenvalue weighted by Gasteiger charge is 2.02. The van der Waals surface area contributed by atoms with E-state index in [9.17, 15) is 0 Å². The summed E-state index contributed by atoms with van der Waals surface area (Å²) in [7, 11) is 3.66. The highest BCUT2D eigenvalue weighted by Crippen LogP contribution is 2.25. The Morgan fingerprint density at radius 2 is 2.25 bits per heavy atom. The van der Waals surface area contributed by atoms with Crippen molar-refractivity contribution in [1.29, 1.82) is 0 Å². The number of benzene rings is 1. The van der Waals surface area contributed by atoms with Crippen molar-refractivity contribution in [3.8, 4) is 5.75 Å². The first-order valence-electron chi connectivity index (χ1n) is 5.38. The van der Waals surface area contributed by atoms with Crippen LogP contribution in [0.1, 0.15) is 18.9 Å². The van der Waals surface area contributed by atoms with Crippen molar-refractivity contribution in [2.24, 2.45) is 0 Å². The molecule has 0 aromatic heterocycles. The van der Waals surface area contributed by atoms with E-state index in [1.165, 1.54) is 5.57 Å². The molecule has 0 aliphatic carbocycles. The Balaban J connectivity index is 3.05. The molecule has 0 fully saturated rings. The topological polar surface area (TPSA) is 21.3 Å². The van der Waals surface area contributed by atoms with Crippen molar-refractivity contribution in [2.75, 3.05) is 20.7 Å². The smallest absolute Gasteiger partial charge is 0.126 e. The predicted molar refractivity (Wildman–Crippen MR) is 72.9 cm³/mol. The lowest BCUT2D eigenvalue weighted by Crippen LogP contribution is -2.09. The van der Waals surface area contributed by atoms with Gasteiger partial charge in [0.1, 0.15) is 5.75 Å². The van der Waals surface area contributed by atoms with Crippen molar-refractivity contribution >= 4 is 22.0 Å². The number of hydrogen-bond donors (Lipinski definition) is 1.